The fraction of sp³-hybridized carbons (Fsp3) is 0.600. The molecule has 3 rings (SSSR count). The van der Waals surface area contributed by atoms with E-state index in [2.05, 4.69) is 25.9 Å². The Bertz CT molecular complexity index is 515. The van der Waals surface area contributed by atoms with Crippen LogP contribution in [0.5, 0.6) is 0 Å². The van der Waals surface area contributed by atoms with Gasteiger partial charge in [-0.3, -0.25) is 0 Å². The molecule has 90 valence electrons. The number of ether oxygens (including phenoxy) is 1. The lowest BCUT2D eigenvalue weighted by Gasteiger charge is -2.40. The van der Waals surface area contributed by atoms with Gasteiger partial charge in [0.1, 0.15) is 5.82 Å². The molecule has 2 aromatic rings. The molecule has 0 amide bonds. The summed E-state index contributed by atoms with van der Waals surface area (Å²) in [7, 11) is 1.76. The molecule has 2 heterocycles. The molecule has 1 aliphatic carbocycles. The van der Waals surface area contributed by atoms with E-state index in [1.807, 2.05) is 12.1 Å². The van der Waals surface area contributed by atoms with Gasteiger partial charge in [0.15, 0.2) is 5.65 Å². The Morgan fingerprint density at radius 2 is 2.35 bits per heavy atom. The molecule has 0 spiro atoms. The summed E-state index contributed by atoms with van der Waals surface area (Å²) in [5, 5.41) is 18.6. The Morgan fingerprint density at radius 3 is 3.06 bits per heavy atom. The predicted octanol–water partition coefficient (Wildman–Crippen LogP) is 0.500. The molecule has 1 N–H and O–H groups in total. The van der Waals surface area contributed by atoms with Crippen molar-refractivity contribution in [3.63, 3.8) is 0 Å². The minimum atomic E-state index is -0.0166. The van der Waals surface area contributed by atoms with Gasteiger partial charge in [-0.25, -0.2) is 0 Å². The Balaban J connectivity index is 1.71. The van der Waals surface area contributed by atoms with Crippen LogP contribution in [0, 0.1) is 0 Å². The van der Waals surface area contributed by atoms with Crippen molar-refractivity contribution in [3.05, 3.63) is 12.1 Å². The zero-order chi connectivity index (χ0) is 11.7. The first-order chi connectivity index (χ1) is 8.31. The van der Waals surface area contributed by atoms with E-state index in [0.717, 1.165) is 25.2 Å². The van der Waals surface area contributed by atoms with Gasteiger partial charge < -0.3 is 10.1 Å². The maximum Gasteiger partial charge on any atom is 0.200 e. The molecule has 1 saturated carbocycles. The summed E-state index contributed by atoms with van der Waals surface area (Å²) in [5.41, 5.74) is 0.623. The molecule has 2 aromatic heterocycles. The Kier molecular flexibility index (Phi) is 2.40. The van der Waals surface area contributed by atoms with Crippen LogP contribution in [0.25, 0.3) is 5.65 Å². The van der Waals surface area contributed by atoms with Crippen molar-refractivity contribution < 1.29 is 4.74 Å². The summed E-state index contributed by atoms with van der Waals surface area (Å²) in [4.78, 5) is 0. The highest BCUT2D eigenvalue weighted by molar-refractivity contribution is 5.42. The van der Waals surface area contributed by atoms with Gasteiger partial charge in [-0.1, -0.05) is 0 Å². The van der Waals surface area contributed by atoms with Crippen LogP contribution in [0.2, 0.25) is 0 Å². The Hall–Kier alpha value is -1.76. The van der Waals surface area contributed by atoms with E-state index in [1.165, 1.54) is 11.1 Å². The van der Waals surface area contributed by atoms with Gasteiger partial charge in [-0.05, 0) is 41.8 Å². The average molecular weight is 234 g/mol. The van der Waals surface area contributed by atoms with Crippen molar-refractivity contribution in [2.45, 2.75) is 24.9 Å². The van der Waals surface area contributed by atoms with E-state index in [9.17, 15) is 0 Å². The van der Waals surface area contributed by atoms with Gasteiger partial charge >= 0.3 is 0 Å². The highest BCUT2D eigenvalue weighted by atomic mass is 16.5. The smallest absolute Gasteiger partial charge is 0.200 e. The van der Waals surface area contributed by atoms with Crippen molar-refractivity contribution in [2.75, 3.05) is 19.0 Å². The summed E-state index contributed by atoms with van der Waals surface area (Å²) in [6.07, 6.45) is 3.43. The minimum absolute atomic E-state index is 0.0166. The number of tetrazole rings is 1. The third-order valence-electron chi connectivity index (χ3n) is 3.36. The lowest BCUT2D eigenvalue weighted by Crippen LogP contribution is -2.45. The number of methoxy groups -OCH3 is 1. The summed E-state index contributed by atoms with van der Waals surface area (Å²) < 4.78 is 6.94. The van der Waals surface area contributed by atoms with Gasteiger partial charge in [-0.2, -0.15) is 0 Å². The Morgan fingerprint density at radius 1 is 1.47 bits per heavy atom. The maximum absolute atomic E-state index is 5.53. The van der Waals surface area contributed by atoms with Crippen molar-refractivity contribution in [1.82, 2.24) is 25.3 Å². The lowest BCUT2D eigenvalue weighted by atomic mass is 9.80. The third-order valence-corrected chi connectivity index (χ3v) is 3.36. The molecule has 17 heavy (non-hydrogen) atoms. The molecular formula is C10H14N6O. The first-order valence-electron chi connectivity index (χ1n) is 5.66. The maximum atomic E-state index is 5.53. The van der Waals surface area contributed by atoms with E-state index in [1.54, 1.807) is 7.11 Å². The van der Waals surface area contributed by atoms with Crippen molar-refractivity contribution in [1.29, 1.82) is 0 Å². The number of rotatable bonds is 4. The van der Waals surface area contributed by atoms with E-state index in [4.69, 9.17) is 4.74 Å². The fourth-order valence-corrected chi connectivity index (χ4v) is 2.02. The molecule has 0 atom stereocenters. The van der Waals surface area contributed by atoms with Gasteiger partial charge in [-0.15, -0.1) is 14.8 Å². The highest BCUT2D eigenvalue weighted by Crippen LogP contribution is 2.34. The monoisotopic (exact) mass is 234 g/mol. The van der Waals surface area contributed by atoms with Crippen molar-refractivity contribution >= 4 is 11.5 Å². The zero-order valence-corrected chi connectivity index (χ0v) is 9.63. The molecule has 0 unspecified atom stereocenters. The van der Waals surface area contributed by atoms with E-state index < -0.39 is 0 Å². The summed E-state index contributed by atoms with van der Waals surface area (Å²) in [6, 6.07) is 3.70. The Labute approximate surface area is 98.1 Å². The second-order valence-corrected chi connectivity index (χ2v) is 4.34. The first-order valence-corrected chi connectivity index (χ1v) is 5.66. The van der Waals surface area contributed by atoms with Crippen LogP contribution in [0.1, 0.15) is 19.3 Å². The fourth-order valence-electron chi connectivity index (χ4n) is 2.02. The van der Waals surface area contributed by atoms with Crippen LogP contribution in [0.15, 0.2) is 12.1 Å². The second kappa shape index (κ2) is 3.92. The number of hydrogen-bond acceptors (Lipinski definition) is 6. The summed E-state index contributed by atoms with van der Waals surface area (Å²) >= 11 is 0. The van der Waals surface area contributed by atoms with E-state index in [0.29, 0.717) is 5.65 Å². The molecule has 0 saturated heterocycles. The largest absolute Gasteiger partial charge is 0.376 e. The summed E-state index contributed by atoms with van der Waals surface area (Å²) in [6.45, 7) is 0.768. The van der Waals surface area contributed by atoms with E-state index in [-0.39, 0.29) is 5.60 Å². The van der Waals surface area contributed by atoms with Gasteiger partial charge in [0, 0.05) is 13.7 Å². The number of fused-ring (bicyclic) bond motifs is 1. The predicted molar refractivity (Wildman–Crippen MR) is 60.7 cm³/mol. The molecule has 0 radical (unpaired) electrons. The quantitative estimate of drug-likeness (QED) is 0.830. The highest BCUT2D eigenvalue weighted by Gasteiger charge is 2.36. The molecule has 0 aliphatic heterocycles. The average Bonchev–Trinajstić information content (AvgIpc) is 2.75. The van der Waals surface area contributed by atoms with Gasteiger partial charge in [0.25, 0.3) is 0 Å². The number of anilines is 1. The SMILES string of the molecule is COC1(CNc2ccc3nnnn3n2)CCC1. The van der Waals surface area contributed by atoms with Crippen LogP contribution in [-0.2, 0) is 4.74 Å². The number of nitrogens with zero attached hydrogens (tertiary/aromatic N) is 5. The van der Waals surface area contributed by atoms with Crippen LogP contribution in [0.3, 0.4) is 0 Å². The van der Waals surface area contributed by atoms with Crippen molar-refractivity contribution in [3.8, 4) is 0 Å². The molecule has 1 aliphatic rings. The molecule has 0 aromatic carbocycles. The first kappa shape index (κ1) is 10.4. The topological polar surface area (TPSA) is 77.2 Å². The molecular weight excluding hydrogens is 220 g/mol. The summed E-state index contributed by atoms with van der Waals surface area (Å²) in [5.74, 6) is 0.758. The standard InChI is InChI=1S/C10H14N6O/c1-17-10(5-2-6-10)7-11-8-3-4-9-12-14-15-16(9)13-8/h3-4H,2,5-7H2,1H3,(H,11,13). The van der Waals surface area contributed by atoms with Crippen LogP contribution in [-0.4, -0.2) is 44.5 Å². The van der Waals surface area contributed by atoms with Gasteiger partial charge in [0.2, 0.25) is 0 Å². The van der Waals surface area contributed by atoms with Crippen LogP contribution in [0.4, 0.5) is 5.82 Å². The normalized spacial score (nSPS) is 17.9. The number of hydrogen-bond donors (Lipinski definition) is 1. The number of aromatic nitrogens is 5. The van der Waals surface area contributed by atoms with Gasteiger partial charge in [0.05, 0.1) is 5.60 Å². The molecule has 7 heteroatoms. The van der Waals surface area contributed by atoms with Crippen LogP contribution >= 0.6 is 0 Å². The lowest BCUT2D eigenvalue weighted by molar-refractivity contribution is -0.0601. The van der Waals surface area contributed by atoms with E-state index >= 15 is 0 Å². The minimum Gasteiger partial charge on any atom is -0.376 e. The zero-order valence-electron chi connectivity index (χ0n) is 9.63. The molecule has 7 nitrogen and oxygen atoms in total. The van der Waals surface area contributed by atoms with Crippen LogP contribution < -0.4 is 5.32 Å². The third kappa shape index (κ3) is 1.82. The van der Waals surface area contributed by atoms with Crippen molar-refractivity contribution in [2.24, 2.45) is 0 Å². The number of nitrogens with one attached hydrogen (secondary N) is 1. The molecule has 1 fully saturated rings. The second-order valence-electron chi connectivity index (χ2n) is 4.34. The molecule has 0 bridgehead atoms.